The van der Waals surface area contributed by atoms with Crippen LogP contribution in [0.4, 0.5) is 0 Å². The maximum Gasteiger partial charge on any atom is 0.322 e. The summed E-state index contributed by atoms with van der Waals surface area (Å²) in [5.74, 6) is -4.37. The second-order valence-electron chi connectivity index (χ2n) is 8.31. The number of pyridine rings is 1. The first-order valence-electron chi connectivity index (χ1n) is 10.8. The van der Waals surface area contributed by atoms with Crippen LogP contribution in [0.5, 0.6) is 11.6 Å². The maximum absolute atomic E-state index is 13.2. The number of carbonyl (C=O) groups is 3. The summed E-state index contributed by atoms with van der Waals surface area (Å²) in [6, 6.07) is -0.431. The second-order valence-corrected chi connectivity index (χ2v) is 8.31. The van der Waals surface area contributed by atoms with Gasteiger partial charge in [-0.2, -0.15) is 0 Å². The van der Waals surface area contributed by atoms with Gasteiger partial charge in [0.05, 0.1) is 0 Å². The molecule has 31 heavy (non-hydrogen) atoms. The minimum atomic E-state index is -1.32. The van der Waals surface area contributed by atoms with E-state index in [2.05, 4.69) is 10.6 Å². The van der Waals surface area contributed by atoms with Crippen LogP contribution in [-0.2, 0) is 4.79 Å². The lowest BCUT2D eigenvalue weighted by molar-refractivity contribution is -0.135. The van der Waals surface area contributed by atoms with Gasteiger partial charge in [-0.25, -0.2) is 0 Å². The van der Waals surface area contributed by atoms with Crippen LogP contribution in [0, 0.1) is 5.92 Å². The molecule has 0 bridgehead atoms. The van der Waals surface area contributed by atoms with Gasteiger partial charge in [-0.1, -0.05) is 38.5 Å². The third-order valence-electron chi connectivity index (χ3n) is 5.94. The average molecular weight is 435 g/mol. The zero-order chi connectivity index (χ0) is 22.5. The lowest BCUT2D eigenvalue weighted by Gasteiger charge is -2.23. The molecule has 0 aliphatic heterocycles. The Balaban J connectivity index is 2.02. The summed E-state index contributed by atoms with van der Waals surface area (Å²) in [6.07, 6.45) is 7.71. The number of nitrogens with zero attached hydrogens (tertiary/aromatic N) is 1. The molecule has 0 aromatic carbocycles. The SMILES string of the molecule is O=C(O)CNC(=O)c1c(O)c(C(=O)NCCC2CC2)c(=O)n(C2CCCCCC2)c1O. The Bertz CT molecular complexity index is 913. The van der Waals surface area contributed by atoms with Crippen molar-refractivity contribution < 1.29 is 29.7 Å². The van der Waals surface area contributed by atoms with Gasteiger partial charge in [-0.3, -0.25) is 23.7 Å². The fourth-order valence-electron chi connectivity index (χ4n) is 4.07. The highest BCUT2D eigenvalue weighted by Crippen LogP contribution is 2.35. The van der Waals surface area contributed by atoms with E-state index in [0.29, 0.717) is 25.3 Å². The molecular formula is C21H29N3O7. The largest absolute Gasteiger partial charge is 0.506 e. The van der Waals surface area contributed by atoms with Gasteiger partial charge in [0, 0.05) is 12.6 Å². The lowest BCUT2D eigenvalue weighted by Crippen LogP contribution is -2.37. The molecule has 10 nitrogen and oxygen atoms in total. The number of nitrogens with one attached hydrogen (secondary N) is 2. The zero-order valence-electron chi connectivity index (χ0n) is 17.4. The molecule has 1 heterocycles. The topological polar surface area (TPSA) is 158 Å². The van der Waals surface area contributed by atoms with Gasteiger partial charge in [-0.15, -0.1) is 0 Å². The van der Waals surface area contributed by atoms with Crippen molar-refractivity contribution in [2.75, 3.05) is 13.1 Å². The Morgan fingerprint density at radius 1 is 0.903 bits per heavy atom. The number of amides is 2. The molecule has 10 heteroatoms. The summed E-state index contributed by atoms with van der Waals surface area (Å²) >= 11 is 0. The highest BCUT2D eigenvalue weighted by atomic mass is 16.4. The number of aromatic nitrogens is 1. The number of carboxylic acid groups (broad SMARTS) is 1. The van der Waals surface area contributed by atoms with Crippen LogP contribution in [0.15, 0.2) is 4.79 Å². The minimum Gasteiger partial charge on any atom is -0.506 e. The number of carbonyl (C=O) groups excluding carboxylic acids is 2. The molecule has 0 unspecified atom stereocenters. The molecule has 170 valence electrons. The monoisotopic (exact) mass is 435 g/mol. The van der Waals surface area contributed by atoms with Crippen LogP contribution in [-0.4, -0.2) is 50.8 Å². The molecule has 2 amide bonds. The molecule has 2 saturated carbocycles. The van der Waals surface area contributed by atoms with Crippen molar-refractivity contribution in [1.82, 2.24) is 15.2 Å². The maximum atomic E-state index is 13.2. The first-order chi connectivity index (χ1) is 14.8. The molecule has 0 radical (unpaired) electrons. The quantitative estimate of drug-likeness (QED) is 0.387. The third-order valence-corrected chi connectivity index (χ3v) is 5.94. The summed E-state index contributed by atoms with van der Waals surface area (Å²) in [4.78, 5) is 49.3. The molecular weight excluding hydrogens is 406 g/mol. The van der Waals surface area contributed by atoms with E-state index in [1.165, 1.54) is 0 Å². The van der Waals surface area contributed by atoms with Crippen LogP contribution in [0.2, 0.25) is 0 Å². The predicted octanol–water partition coefficient (Wildman–Crippen LogP) is 1.50. The van der Waals surface area contributed by atoms with Crippen molar-refractivity contribution in [3.8, 4) is 11.6 Å². The van der Waals surface area contributed by atoms with Crippen LogP contribution >= 0.6 is 0 Å². The number of aromatic hydroxyl groups is 2. The Morgan fingerprint density at radius 2 is 1.52 bits per heavy atom. The van der Waals surface area contributed by atoms with Crippen molar-refractivity contribution in [3.05, 3.63) is 21.5 Å². The van der Waals surface area contributed by atoms with Crippen LogP contribution in [0.25, 0.3) is 0 Å². The summed E-state index contributed by atoms with van der Waals surface area (Å²) in [5, 5.41) is 34.9. The number of carboxylic acids is 1. The fraction of sp³-hybridized carbons (Fsp3) is 0.619. The van der Waals surface area contributed by atoms with Crippen molar-refractivity contribution in [1.29, 1.82) is 0 Å². The summed E-state index contributed by atoms with van der Waals surface area (Å²) in [5.41, 5.74) is -2.14. The Labute approximate surface area is 179 Å². The first-order valence-corrected chi connectivity index (χ1v) is 10.8. The van der Waals surface area contributed by atoms with E-state index in [9.17, 15) is 29.4 Å². The van der Waals surface area contributed by atoms with Gasteiger partial charge < -0.3 is 26.0 Å². The molecule has 1 aromatic heterocycles. The molecule has 5 N–H and O–H groups in total. The number of hydrogen-bond donors (Lipinski definition) is 5. The van der Waals surface area contributed by atoms with Crippen LogP contribution < -0.4 is 16.2 Å². The van der Waals surface area contributed by atoms with Gasteiger partial charge in [0.15, 0.2) is 5.75 Å². The molecule has 0 atom stereocenters. The Morgan fingerprint density at radius 3 is 2.10 bits per heavy atom. The Hall–Kier alpha value is -3.04. The smallest absolute Gasteiger partial charge is 0.322 e. The summed E-state index contributed by atoms with van der Waals surface area (Å²) in [6.45, 7) is -0.420. The molecule has 2 aliphatic rings. The summed E-state index contributed by atoms with van der Waals surface area (Å²) < 4.78 is 1.01. The lowest BCUT2D eigenvalue weighted by atomic mass is 10.0. The molecule has 2 aliphatic carbocycles. The van der Waals surface area contributed by atoms with E-state index in [1.807, 2.05) is 0 Å². The molecule has 3 rings (SSSR count). The highest BCUT2D eigenvalue weighted by molar-refractivity contribution is 6.05. The molecule has 1 aromatic rings. The Kier molecular flexibility index (Phi) is 7.19. The van der Waals surface area contributed by atoms with E-state index in [-0.39, 0.29) is 0 Å². The molecule has 0 spiro atoms. The van der Waals surface area contributed by atoms with Crippen molar-refractivity contribution in [2.24, 2.45) is 5.92 Å². The van der Waals surface area contributed by atoms with Crippen molar-refractivity contribution in [2.45, 2.75) is 63.8 Å². The third kappa shape index (κ3) is 5.36. The van der Waals surface area contributed by atoms with E-state index in [0.717, 1.165) is 49.5 Å². The van der Waals surface area contributed by atoms with Gasteiger partial charge in [0.25, 0.3) is 17.4 Å². The van der Waals surface area contributed by atoms with Gasteiger partial charge in [0.2, 0.25) is 5.88 Å². The first kappa shape index (κ1) is 22.6. The average Bonchev–Trinajstić information content (AvgIpc) is 3.54. The van der Waals surface area contributed by atoms with E-state index >= 15 is 0 Å². The highest BCUT2D eigenvalue weighted by Gasteiger charge is 2.32. The molecule has 0 saturated heterocycles. The zero-order valence-corrected chi connectivity index (χ0v) is 17.4. The number of rotatable bonds is 8. The molecule has 2 fully saturated rings. The van der Waals surface area contributed by atoms with Crippen molar-refractivity contribution in [3.63, 3.8) is 0 Å². The van der Waals surface area contributed by atoms with Crippen molar-refractivity contribution >= 4 is 17.8 Å². The normalized spacial score (nSPS) is 17.0. The minimum absolute atomic E-state index is 0.327. The fourth-order valence-corrected chi connectivity index (χ4v) is 4.07. The van der Waals surface area contributed by atoms with Gasteiger partial charge >= 0.3 is 5.97 Å². The van der Waals surface area contributed by atoms with Gasteiger partial charge in [-0.05, 0) is 25.2 Å². The van der Waals surface area contributed by atoms with E-state index < -0.39 is 58.7 Å². The predicted molar refractivity (Wildman–Crippen MR) is 110 cm³/mol. The van der Waals surface area contributed by atoms with Gasteiger partial charge in [0.1, 0.15) is 17.7 Å². The van der Waals surface area contributed by atoms with Crippen LogP contribution in [0.3, 0.4) is 0 Å². The van der Waals surface area contributed by atoms with E-state index in [1.54, 1.807) is 0 Å². The standard InChI is InChI=1S/C21H29N3O7/c25-14(26)11-23-19(29)16-17(27)15(18(28)22-10-9-12-7-8-12)20(30)24(21(16)31)13-5-3-1-2-4-6-13/h12-13,27,31H,1-11H2,(H,22,28)(H,23,29)(H,25,26). The van der Waals surface area contributed by atoms with Crippen LogP contribution in [0.1, 0.15) is 84.5 Å². The van der Waals surface area contributed by atoms with E-state index in [4.69, 9.17) is 5.11 Å². The summed E-state index contributed by atoms with van der Waals surface area (Å²) in [7, 11) is 0. The number of aliphatic carboxylic acids is 1. The second kappa shape index (κ2) is 9.84. The number of hydrogen-bond acceptors (Lipinski definition) is 6.